The number of benzene rings is 1. The Kier molecular flexibility index (Phi) is 6.01. The molecule has 2 N–H and O–H groups in total. The maximum Gasteiger partial charge on any atom is 0.296 e. The average Bonchev–Trinajstić information content (AvgIpc) is 3.45. The Morgan fingerprint density at radius 1 is 1.27 bits per heavy atom. The number of aromatic hydroxyl groups is 1. The van der Waals surface area contributed by atoms with Crippen molar-refractivity contribution in [2.45, 2.75) is 25.8 Å². The molecule has 0 unspecified atom stereocenters. The summed E-state index contributed by atoms with van der Waals surface area (Å²) in [7, 11) is 1.49. The van der Waals surface area contributed by atoms with Crippen LogP contribution < -0.4 is 10.9 Å². The number of carbonyl (C=O) groups excluding carboxylic acids is 1. The fraction of sp³-hybridized carbons (Fsp3) is 0.227. The Morgan fingerprint density at radius 2 is 2.03 bits per heavy atom. The summed E-state index contributed by atoms with van der Waals surface area (Å²) < 4.78 is 7.71. The minimum Gasteiger partial charge on any atom is -0.501 e. The Hall–Kier alpha value is -3.92. The summed E-state index contributed by atoms with van der Waals surface area (Å²) in [4.78, 5) is 30.0. The molecule has 0 spiro atoms. The lowest BCUT2D eigenvalue weighted by Crippen LogP contribution is -2.31. The van der Waals surface area contributed by atoms with Crippen molar-refractivity contribution in [1.82, 2.24) is 24.5 Å². The number of hydrogen-bond acceptors (Lipinski definition) is 7. The predicted octanol–water partition coefficient (Wildman–Crippen LogP) is 3.28. The van der Waals surface area contributed by atoms with Crippen LogP contribution in [0.5, 0.6) is 5.75 Å². The zero-order chi connectivity index (χ0) is 23.7. The summed E-state index contributed by atoms with van der Waals surface area (Å²) >= 11 is 6.53. The van der Waals surface area contributed by atoms with Crippen molar-refractivity contribution in [2.75, 3.05) is 5.32 Å². The van der Waals surface area contributed by atoms with Gasteiger partial charge in [-0.15, -0.1) is 0 Å². The molecular formula is C22H21ClN6O4. The Labute approximate surface area is 193 Å². The van der Waals surface area contributed by atoms with Crippen molar-refractivity contribution in [3.8, 4) is 5.75 Å². The minimum absolute atomic E-state index is 0.262. The van der Waals surface area contributed by atoms with Gasteiger partial charge in [0.15, 0.2) is 5.69 Å². The molecule has 0 bridgehead atoms. The third-order valence-electron chi connectivity index (χ3n) is 5.44. The molecule has 4 aromatic rings. The highest BCUT2D eigenvalue weighted by molar-refractivity contribution is 6.31. The molecule has 170 valence electrons. The predicted molar refractivity (Wildman–Crippen MR) is 121 cm³/mol. The van der Waals surface area contributed by atoms with Gasteiger partial charge in [0.2, 0.25) is 5.75 Å². The average molecular weight is 469 g/mol. The zero-order valence-corrected chi connectivity index (χ0v) is 18.8. The van der Waals surface area contributed by atoms with E-state index in [1.54, 1.807) is 16.9 Å². The molecule has 33 heavy (non-hydrogen) atoms. The smallest absolute Gasteiger partial charge is 0.296 e. The van der Waals surface area contributed by atoms with Gasteiger partial charge in [0, 0.05) is 29.9 Å². The van der Waals surface area contributed by atoms with E-state index in [9.17, 15) is 14.7 Å². The lowest BCUT2D eigenvalue weighted by atomic mass is 9.93. The van der Waals surface area contributed by atoms with E-state index in [0.29, 0.717) is 5.02 Å². The van der Waals surface area contributed by atoms with Crippen molar-refractivity contribution >= 4 is 23.2 Å². The van der Waals surface area contributed by atoms with Crippen molar-refractivity contribution < 1.29 is 14.4 Å². The molecule has 0 aliphatic carbocycles. The number of anilines is 1. The number of amides is 1. The highest BCUT2D eigenvalue weighted by Gasteiger charge is 2.31. The van der Waals surface area contributed by atoms with Crippen LogP contribution in [0.3, 0.4) is 0 Å². The molecule has 3 heterocycles. The molecule has 11 heteroatoms. The summed E-state index contributed by atoms with van der Waals surface area (Å²) in [5, 5.41) is 21.4. The van der Waals surface area contributed by atoms with Gasteiger partial charge in [-0.05, 0) is 24.6 Å². The summed E-state index contributed by atoms with van der Waals surface area (Å²) in [5.41, 5.74) is 0.753. The van der Waals surface area contributed by atoms with Crippen LogP contribution in [0.4, 0.5) is 5.69 Å². The summed E-state index contributed by atoms with van der Waals surface area (Å²) in [6.07, 6.45) is 4.17. The van der Waals surface area contributed by atoms with Gasteiger partial charge < -0.3 is 14.9 Å². The van der Waals surface area contributed by atoms with E-state index in [-0.39, 0.29) is 11.5 Å². The molecule has 0 aliphatic heterocycles. The number of aromatic nitrogens is 5. The standard InChI is InChI=1S/C22H21ClN6O4/c1-12-8-9-24-29(12)18(15-6-4-5-7-16(15)23)13(2)20-27-17(19(30)22(32)28(20)3)21(31)26-14-10-25-33-11-14/h4-11,13,18,30H,1-3H3,(H,26,31)/t13-,18-/m1/s1. The molecular weight excluding hydrogens is 448 g/mol. The van der Waals surface area contributed by atoms with Crippen LogP contribution in [0.15, 0.2) is 58.3 Å². The van der Waals surface area contributed by atoms with Gasteiger partial charge in [-0.3, -0.25) is 18.8 Å². The largest absolute Gasteiger partial charge is 0.501 e. The molecule has 10 nitrogen and oxygen atoms in total. The second kappa shape index (κ2) is 8.91. The van der Waals surface area contributed by atoms with Crippen molar-refractivity contribution in [3.63, 3.8) is 0 Å². The molecule has 0 radical (unpaired) electrons. The van der Waals surface area contributed by atoms with Crippen LogP contribution >= 0.6 is 11.6 Å². The van der Waals surface area contributed by atoms with Crippen LogP contribution in [-0.4, -0.2) is 35.5 Å². The minimum atomic E-state index is -0.772. The maximum absolute atomic E-state index is 12.8. The summed E-state index contributed by atoms with van der Waals surface area (Å²) in [6.45, 7) is 3.76. The number of nitrogens with one attached hydrogen (secondary N) is 1. The first-order valence-electron chi connectivity index (χ1n) is 10.0. The molecule has 3 aromatic heterocycles. The lowest BCUT2D eigenvalue weighted by molar-refractivity contribution is 0.101. The third-order valence-corrected chi connectivity index (χ3v) is 5.79. The molecule has 2 atom stereocenters. The first-order chi connectivity index (χ1) is 15.8. The molecule has 1 aromatic carbocycles. The number of rotatable bonds is 6. The van der Waals surface area contributed by atoms with E-state index in [1.807, 2.05) is 38.1 Å². The SMILES string of the molecule is Cc1ccnn1[C@@H](c1ccccc1Cl)[C@@H](C)c1nc(C(=O)Nc2cnoc2)c(O)c(=O)n1C. The zero-order valence-electron chi connectivity index (χ0n) is 18.1. The Morgan fingerprint density at radius 3 is 2.67 bits per heavy atom. The number of halogens is 1. The van der Waals surface area contributed by atoms with Crippen LogP contribution in [0.2, 0.25) is 5.02 Å². The van der Waals surface area contributed by atoms with Crippen molar-refractivity contribution in [3.05, 3.63) is 87.1 Å². The number of hydrogen-bond donors (Lipinski definition) is 2. The van der Waals surface area contributed by atoms with E-state index < -0.39 is 34.9 Å². The molecule has 4 rings (SSSR count). The van der Waals surface area contributed by atoms with Gasteiger partial charge in [-0.2, -0.15) is 5.10 Å². The van der Waals surface area contributed by atoms with Gasteiger partial charge in [0.25, 0.3) is 11.5 Å². The van der Waals surface area contributed by atoms with Crippen LogP contribution in [0.25, 0.3) is 0 Å². The topological polar surface area (TPSA) is 128 Å². The second-order valence-corrected chi connectivity index (χ2v) is 7.98. The summed E-state index contributed by atoms with van der Waals surface area (Å²) in [5.74, 6) is -1.73. The Bertz CT molecular complexity index is 1360. The van der Waals surface area contributed by atoms with Crippen LogP contribution in [-0.2, 0) is 7.05 Å². The highest BCUT2D eigenvalue weighted by Crippen LogP contribution is 2.37. The molecule has 0 saturated carbocycles. The molecule has 0 aliphatic rings. The van der Waals surface area contributed by atoms with E-state index in [4.69, 9.17) is 16.1 Å². The van der Waals surface area contributed by atoms with Gasteiger partial charge in [-0.1, -0.05) is 41.9 Å². The van der Waals surface area contributed by atoms with Gasteiger partial charge in [0.1, 0.15) is 17.8 Å². The second-order valence-electron chi connectivity index (χ2n) is 7.57. The number of aryl methyl sites for hydroxylation is 1. The monoisotopic (exact) mass is 468 g/mol. The Balaban J connectivity index is 1.84. The number of nitrogens with zero attached hydrogens (tertiary/aromatic N) is 5. The first kappa shape index (κ1) is 22.3. The number of carbonyl (C=O) groups is 1. The first-order valence-corrected chi connectivity index (χ1v) is 10.4. The molecule has 0 saturated heterocycles. The third kappa shape index (κ3) is 4.12. The van der Waals surface area contributed by atoms with Crippen LogP contribution in [0, 0.1) is 6.92 Å². The van der Waals surface area contributed by atoms with E-state index in [2.05, 4.69) is 20.6 Å². The fourth-order valence-corrected chi connectivity index (χ4v) is 4.02. The molecule has 0 fully saturated rings. The molecule has 1 amide bonds. The van der Waals surface area contributed by atoms with Crippen molar-refractivity contribution in [2.24, 2.45) is 7.05 Å². The van der Waals surface area contributed by atoms with Gasteiger partial charge >= 0.3 is 0 Å². The lowest BCUT2D eigenvalue weighted by Gasteiger charge is -2.28. The fourth-order valence-electron chi connectivity index (χ4n) is 3.77. The highest BCUT2D eigenvalue weighted by atomic mass is 35.5. The van der Waals surface area contributed by atoms with E-state index in [1.165, 1.54) is 24.1 Å². The summed E-state index contributed by atoms with van der Waals surface area (Å²) in [6, 6.07) is 8.76. The quantitative estimate of drug-likeness (QED) is 0.444. The van der Waals surface area contributed by atoms with Gasteiger partial charge in [0.05, 0.1) is 12.2 Å². The normalized spacial score (nSPS) is 13.0. The maximum atomic E-state index is 12.8. The van der Waals surface area contributed by atoms with E-state index >= 15 is 0 Å². The van der Waals surface area contributed by atoms with E-state index in [0.717, 1.165) is 11.3 Å². The van der Waals surface area contributed by atoms with Crippen molar-refractivity contribution in [1.29, 1.82) is 0 Å². The van der Waals surface area contributed by atoms with Crippen LogP contribution in [0.1, 0.15) is 46.5 Å². The van der Waals surface area contributed by atoms with Gasteiger partial charge in [-0.25, -0.2) is 4.98 Å².